The van der Waals surface area contributed by atoms with Crippen LogP contribution in [0.2, 0.25) is 0 Å². The van der Waals surface area contributed by atoms with Gasteiger partial charge in [-0.05, 0) is 31.0 Å². The zero-order valence-electron chi connectivity index (χ0n) is 12.3. The van der Waals surface area contributed by atoms with E-state index in [9.17, 15) is 0 Å². The van der Waals surface area contributed by atoms with Gasteiger partial charge in [-0.2, -0.15) is 5.10 Å². The van der Waals surface area contributed by atoms with Crippen molar-refractivity contribution in [2.75, 3.05) is 0 Å². The predicted octanol–water partition coefficient (Wildman–Crippen LogP) is 3.33. The van der Waals surface area contributed by atoms with Crippen LogP contribution < -0.4 is 0 Å². The van der Waals surface area contributed by atoms with Gasteiger partial charge in [0.1, 0.15) is 0 Å². The van der Waals surface area contributed by atoms with Crippen molar-refractivity contribution in [2.24, 2.45) is 0 Å². The molecule has 104 valence electrons. The standard InChI is InChI=1S/C18H17N3/c1-14-7-3-4-8-16(14)9-5-6-10-17-15(2)13-21-18(20-17)11-12-19-21/h3-4,7-8,11-13H,6,10H2,1-2H3. The molecule has 21 heavy (non-hydrogen) atoms. The minimum absolute atomic E-state index is 0.812. The van der Waals surface area contributed by atoms with Crippen LogP contribution >= 0.6 is 0 Å². The Hall–Kier alpha value is -2.60. The fourth-order valence-electron chi connectivity index (χ4n) is 2.28. The monoisotopic (exact) mass is 275 g/mol. The summed E-state index contributed by atoms with van der Waals surface area (Å²) in [4.78, 5) is 4.63. The highest BCUT2D eigenvalue weighted by molar-refractivity contribution is 5.41. The first-order chi connectivity index (χ1) is 10.2. The van der Waals surface area contributed by atoms with E-state index in [4.69, 9.17) is 0 Å². The molecule has 0 atom stereocenters. The van der Waals surface area contributed by atoms with Crippen LogP contribution in [-0.4, -0.2) is 14.6 Å². The third-order valence-corrected chi connectivity index (χ3v) is 3.52. The van der Waals surface area contributed by atoms with E-state index in [1.165, 1.54) is 5.56 Å². The van der Waals surface area contributed by atoms with E-state index >= 15 is 0 Å². The molecule has 0 aliphatic rings. The number of fused-ring (bicyclic) bond motifs is 1. The van der Waals surface area contributed by atoms with Crippen molar-refractivity contribution >= 4 is 5.65 Å². The molecule has 0 saturated carbocycles. The summed E-state index contributed by atoms with van der Waals surface area (Å²) in [6.45, 7) is 4.15. The minimum Gasteiger partial charge on any atom is -0.233 e. The highest BCUT2D eigenvalue weighted by atomic mass is 15.2. The third kappa shape index (κ3) is 2.95. The van der Waals surface area contributed by atoms with Gasteiger partial charge in [0.15, 0.2) is 5.65 Å². The fourth-order valence-corrected chi connectivity index (χ4v) is 2.28. The van der Waals surface area contributed by atoms with E-state index in [0.717, 1.165) is 35.3 Å². The summed E-state index contributed by atoms with van der Waals surface area (Å²) >= 11 is 0. The SMILES string of the molecule is Cc1ccccc1C#CCCc1nc2ccnn2cc1C. The second kappa shape index (κ2) is 5.80. The summed E-state index contributed by atoms with van der Waals surface area (Å²) in [6, 6.07) is 10.1. The average molecular weight is 275 g/mol. The highest BCUT2D eigenvalue weighted by Crippen LogP contribution is 2.10. The Morgan fingerprint density at radius 2 is 1.95 bits per heavy atom. The number of aromatic nitrogens is 3. The molecule has 0 radical (unpaired) electrons. The lowest BCUT2D eigenvalue weighted by atomic mass is 10.1. The van der Waals surface area contributed by atoms with Crippen molar-refractivity contribution < 1.29 is 0 Å². The van der Waals surface area contributed by atoms with Gasteiger partial charge in [0, 0.05) is 36.4 Å². The lowest BCUT2D eigenvalue weighted by molar-refractivity contribution is 0.877. The van der Waals surface area contributed by atoms with E-state index in [-0.39, 0.29) is 0 Å². The maximum absolute atomic E-state index is 4.63. The first-order valence-electron chi connectivity index (χ1n) is 7.08. The summed E-state index contributed by atoms with van der Waals surface area (Å²) < 4.78 is 1.80. The van der Waals surface area contributed by atoms with Crippen molar-refractivity contribution in [1.82, 2.24) is 14.6 Å². The van der Waals surface area contributed by atoms with E-state index in [2.05, 4.69) is 47.9 Å². The van der Waals surface area contributed by atoms with E-state index in [1.54, 1.807) is 10.7 Å². The van der Waals surface area contributed by atoms with Crippen LogP contribution in [0.25, 0.3) is 5.65 Å². The average Bonchev–Trinajstić information content (AvgIpc) is 2.92. The number of benzene rings is 1. The quantitative estimate of drug-likeness (QED) is 0.672. The van der Waals surface area contributed by atoms with Gasteiger partial charge in [-0.3, -0.25) is 0 Å². The normalized spacial score (nSPS) is 10.4. The summed E-state index contributed by atoms with van der Waals surface area (Å²) in [5.74, 6) is 6.49. The Morgan fingerprint density at radius 1 is 1.10 bits per heavy atom. The van der Waals surface area contributed by atoms with Gasteiger partial charge in [-0.1, -0.05) is 30.0 Å². The van der Waals surface area contributed by atoms with Crippen molar-refractivity contribution in [2.45, 2.75) is 26.7 Å². The predicted molar refractivity (Wildman–Crippen MR) is 84.1 cm³/mol. The molecule has 2 aromatic heterocycles. The molecule has 0 aliphatic heterocycles. The van der Waals surface area contributed by atoms with Crippen molar-refractivity contribution in [3.63, 3.8) is 0 Å². The third-order valence-electron chi connectivity index (χ3n) is 3.52. The number of hydrogen-bond acceptors (Lipinski definition) is 2. The first kappa shape index (κ1) is 13.4. The minimum atomic E-state index is 0.812. The molecule has 0 N–H and O–H groups in total. The van der Waals surface area contributed by atoms with Crippen LogP contribution in [0.15, 0.2) is 42.7 Å². The van der Waals surface area contributed by atoms with Gasteiger partial charge >= 0.3 is 0 Å². The zero-order valence-corrected chi connectivity index (χ0v) is 12.3. The summed E-state index contributed by atoms with van der Waals surface area (Å²) in [6.07, 6.45) is 5.47. The number of rotatable bonds is 2. The molecule has 0 saturated heterocycles. The summed E-state index contributed by atoms with van der Waals surface area (Å²) in [5.41, 5.74) is 5.47. The molecule has 3 rings (SSSR count). The van der Waals surface area contributed by atoms with Crippen LogP contribution in [0, 0.1) is 25.7 Å². The Bertz CT molecular complexity index is 834. The lowest BCUT2D eigenvalue weighted by Crippen LogP contribution is -1.99. The molecule has 1 aromatic carbocycles. The number of nitrogens with zero attached hydrogens (tertiary/aromatic N) is 3. The topological polar surface area (TPSA) is 30.2 Å². The molecule has 2 heterocycles. The summed E-state index contributed by atoms with van der Waals surface area (Å²) in [5, 5.41) is 4.19. The molecule has 3 aromatic rings. The molecule has 3 nitrogen and oxygen atoms in total. The highest BCUT2D eigenvalue weighted by Gasteiger charge is 2.03. The Balaban J connectivity index is 1.73. The van der Waals surface area contributed by atoms with Crippen LogP contribution in [-0.2, 0) is 6.42 Å². The van der Waals surface area contributed by atoms with Crippen LogP contribution in [0.4, 0.5) is 0 Å². The summed E-state index contributed by atoms with van der Waals surface area (Å²) in [7, 11) is 0. The van der Waals surface area contributed by atoms with Crippen LogP contribution in [0.1, 0.15) is 28.8 Å². The molecular formula is C18H17N3. The van der Waals surface area contributed by atoms with Crippen molar-refractivity contribution in [3.05, 3.63) is 65.1 Å². The molecule has 0 amide bonds. The van der Waals surface area contributed by atoms with Gasteiger partial charge in [0.05, 0.1) is 6.20 Å². The maximum atomic E-state index is 4.63. The van der Waals surface area contributed by atoms with Crippen molar-refractivity contribution in [3.8, 4) is 11.8 Å². The lowest BCUT2D eigenvalue weighted by Gasteiger charge is -2.03. The van der Waals surface area contributed by atoms with Crippen LogP contribution in [0.3, 0.4) is 0 Å². The number of hydrogen-bond donors (Lipinski definition) is 0. The smallest absolute Gasteiger partial charge is 0.155 e. The Labute approximate surface area is 124 Å². The fraction of sp³-hybridized carbons (Fsp3) is 0.222. The van der Waals surface area contributed by atoms with Gasteiger partial charge in [-0.15, -0.1) is 0 Å². The Morgan fingerprint density at radius 3 is 2.81 bits per heavy atom. The van der Waals surface area contributed by atoms with Gasteiger partial charge < -0.3 is 0 Å². The molecular weight excluding hydrogens is 258 g/mol. The van der Waals surface area contributed by atoms with E-state index < -0.39 is 0 Å². The molecule has 0 unspecified atom stereocenters. The molecule has 0 spiro atoms. The number of aryl methyl sites for hydroxylation is 3. The molecule has 3 heteroatoms. The van der Waals surface area contributed by atoms with E-state index in [0.29, 0.717) is 0 Å². The van der Waals surface area contributed by atoms with Crippen LogP contribution in [0.5, 0.6) is 0 Å². The van der Waals surface area contributed by atoms with Gasteiger partial charge in [0.2, 0.25) is 0 Å². The maximum Gasteiger partial charge on any atom is 0.155 e. The largest absolute Gasteiger partial charge is 0.233 e. The van der Waals surface area contributed by atoms with Gasteiger partial charge in [-0.25, -0.2) is 9.50 Å². The second-order valence-corrected chi connectivity index (χ2v) is 5.12. The molecule has 0 aliphatic carbocycles. The molecule has 0 bridgehead atoms. The molecule has 0 fully saturated rings. The Kier molecular flexibility index (Phi) is 3.70. The first-order valence-corrected chi connectivity index (χ1v) is 7.08. The zero-order chi connectivity index (χ0) is 14.7. The van der Waals surface area contributed by atoms with Gasteiger partial charge in [0.25, 0.3) is 0 Å². The van der Waals surface area contributed by atoms with Crippen molar-refractivity contribution in [1.29, 1.82) is 0 Å². The second-order valence-electron chi connectivity index (χ2n) is 5.12. The van der Waals surface area contributed by atoms with E-state index in [1.807, 2.05) is 24.4 Å².